The maximum atomic E-state index is 5.04. The van der Waals surface area contributed by atoms with E-state index in [1.165, 1.54) is 86.3 Å². The van der Waals surface area contributed by atoms with Crippen LogP contribution in [0.1, 0.15) is 12.7 Å². The quantitative estimate of drug-likeness (QED) is 0.147. The lowest BCUT2D eigenvalue weighted by Crippen LogP contribution is -2.06. The normalized spacial score (nSPS) is 12.5. The van der Waals surface area contributed by atoms with Crippen molar-refractivity contribution in [3.63, 3.8) is 0 Å². The van der Waals surface area contributed by atoms with Crippen molar-refractivity contribution in [1.82, 2.24) is 9.55 Å². The molecule has 216 valence electrons. The summed E-state index contributed by atoms with van der Waals surface area (Å²) >= 11 is 1.85. The molecule has 0 saturated heterocycles. The predicted octanol–water partition coefficient (Wildman–Crippen LogP) is 12.0. The second-order valence-electron chi connectivity index (χ2n) is 12.2. The molecule has 0 bridgehead atoms. The molecule has 3 heteroatoms. The van der Waals surface area contributed by atoms with Crippen molar-refractivity contribution in [2.24, 2.45) is 0 Å². The molecule has 9 aromatic rings. The van der Waals surface area contributed by atoms with Crippen molar-refractivity contribution in [3.8, 4) is 27.9 Å². The Labute approximate surface area is 270 Å². The molecule has 46 heavy (non-hydrogen) atoms. The van der Waals surface area contributed by atoms with Gasteiger partial charge in [-0.2, -0.15) is 0 Å². The van der Waals surface area contributed by atoms with Crippen LogP contribution < -0.4 is 0 Å². The van der Waals surface area contributed by atoms with Crippen molar-refractivity contribution < 1.29 is 0 Å². The largest absolute Gasteiger partial charge is 0.294 e. The summed E-state index contributed by atoms with van der Waals surface area (Å²) in [5.41, 5.74) is 8.56. The topological polar surface area (TPSA) is 17.8 Å². The van der Waals surface area contributed by atoms with Crippen molar-refractivity contribution in [1.29, 1.82) is 0 Å². The van der Waals surface area contributed by atoms with Gasteiger partial charge in [-0.25, -0.2) is 4.98 Å². The van der Waals surface area contributed by atoms with E-state index in [-0.39, 0.29) is 0 Å². The van der Waals surface area contributed by atoms with E-state index < -0.39 is 0 Å². The van der Waals surface area contributed by atoms with Crippen LogP contribution >= 0.6 is 11.8 Å². The van der Waals surface area contributed by atoms with Crippen LogP contribution in [0.3, 0.4) is 0 Å². The van der Waals surface area contributed by atoms with Crippen LogP contribution in [-0.4, -0.2) is 9.55 Å². The predicted molar refractivity (Wildman–Crippen MR) is 195 cm³/mol. The molecule has 10 rings (SSSR count). The lowest BCUT2D eigenvalue weighted by molar-refractivity contribution is 0.888. The third kappa shape index (κ3) is 3.64. The van der Waals surface area contributed by atoms with Crippen LogP contribution in [0.25, 0.3) is 82.1 Å². The molecule has 8 aromatic carbocycles. The highest BCUT2D eigenvalue weighted by Crippen LogP contribution is 2.48. The third-order valence-electron chi connectivity index (χ3n) is 9.70. The van der Waals surface area contributed by atoms with Crippen LogP contribution in [0, 0.1) is 0 Å². The van der Waals surface area contributed by atoms with E-state index in [0.717, 1.165) is 17.8 Å². The van der Waals surface area contributed by atoms with Gasteiger partial charge in [0, 0.05) is 16.2 Å². The maximum absolute atomic E-state index is 5.04. The third-order valence-corrected chi connectivity index (χ3v) is 10.8. The molecule has 0 N–H and O–H groups in total. The highest BCUT2D eigenvalue weighted by atomic mass is 32.2. The molecule has 0 fully saturated rings. The Morgan fingerprint density at radius 2 is 1.11 bits per heavy atom. The second-order valence-corrected chi connectivity index (χ2v) is 13.3. The first-order valence-electron chi connectivity index (χ1n) is 15.9. The van der Waals surface area contributed by atoms with Crippen LogP contribution in [0.5, 0.6) is 0 Å². The minimum absolute atomic E-state index is 0.879. The van der Waals surface area contributed by atoms with E-state index in [2.05, 4.69) is 151 Å². The van der Waals surface area contributed by atoms with E-state index in [1.807, 2.05) is 11.8 Å². The zero-order chi connectivity index (χ0) is 30.4. The number of nitrogens with zero attached hydrogens (tertiary/aromatic N) is 2. The molecule has 1 aliphatic rings. The lowest BCUT2D eigenvalue weighted by Gasteiger charge is -2.22. The minimum atomic E-state index is 0.879. The fourth-order valence-corrected chi connectivity index (χ4v) is 8.75. The van der Waals surface area contributed by atoms with Crippen LogP contribution in [0.15, 0.2) is 149 Å². The molecule has 0 spiro atoms. The summed E-state index contributed by atoms with van der Waals surface area (Å²) in [6.07, 6.45) is 0.879. The smallest absolute Gasteiger partial charge is 0.114 e. The summed E-state index contributed by atoms with van der Waals surface area (Å²) in [7, 11) is 0. The van der Waals surface area contributed by atoms with Gasteiger partial charge in [-0.3, -0.25) is 4.57 Å². The Bertz CT molecular complexity index is 2660. The number of fused-ring (bicyclic) bond motifs is 7. The Morgan fingerprint density at radius 3 is 1.80 bits per heavy atom. The molecule has 0 radical (unpaired) electrons. The number of hydrogen-bond donors (Lipinski definition) is 0. The number of rotatable bonds is 3. The number of aryl methyl sites for hydroxylation is 1. The van der Waals surface area contributed by atoms with E-state index in [0.29, 0.717) is 0 Å². The van der Waals surface area contributed by atoms with Gasteiger partial charge < -0.3 is 0 Å². The molecule has 2 heterocycles. The van der Waals surface area contributed by atoms with Crippen molar-refractivity contribution in [2.45, 2.75) is 23.1 Å². The first-order chi connectivity index (χ1) is 22.8. The zero-order valence-corrected chi connectivity index (χ0v) is 26.1. The Kier molecular flexibility index (Phi) is 5.52. The van der Waals surface area contributed by atoms with Gasteiger partial charge in [-0.1, -0.05) is 128 Å². The van der Waals surface area contributed by atoms with E-state index in [4.69, 9.17) is 4.98 Å². The number of benzene rings is 8. The molecular weight excluding hydrogens is 577 g/mol. The second kappa shape index (κ2) is 9.81. The molecule has 0 unspecified atom stereocenters. The number of hydrogen-bond acceptors (Lipinski definition) is 2. The SMILES string of the molecule is CCc1nc2cccc3c2n1-c1cc(-c2c4ccccc4c(-c4ccc5ccc6ccccc6c5c4)c4ccccc24)ccc1S3. The maximum Gasteiger partial charge on any atom is 0.114 e. The van der Waals surface area contributed by atoms with Gasteiger partial charge >= 0.3 is 0 Å². The Hall–Kier alpha value is -5.38. The zero-order valence-electron chi connectivity index (χ0n) is 25.3. The average molecular weight is 605 g/mol. The Balaban J connectivity index is 1.26. The van der Waals surface area contributed by atoms with Gasteiger partial charge in [-0.15, -0.1) is 0 Å². The molecule has 1 aromatic heterocycles. The molecule has 2 nitrogen and oxygen atoms in total. The van der Waals surface area contributed by atoms with Gasteiger partial charge in [0.2, 0.25) is 0 Å². The summed E-state index contributed by atoms with van der Waals surface area (Å²) in [4.78, 5) is 7.58. The number of aromatic nitrogens is 2. The fraction of sp³-hybridized carbons (Fsp3) is 0.0465. The molecule has 0 aliphatic carbocycles. The molecule has 1 aliphatic heterocycles. The van der Waals surface area contributed by atoms with Gasteiger partial charge in [0.05, 0.1) is 16.7 Å². The summed E-state index contributed by atoms with van der Waals surface area (Å²) in [6, 6.07) is 51.6. The summed E-state index contributed by atoms with van der Waals surface area (Å²) < 4.78 is 2.40. The van der Waals surface area contributed by atoms with Crippen molar-refractivity contribution in [3.05, 3.63) is 145 Å². The van der Waals surface area contributed by atoms with Gasteiger partial charge in [-0.05, 0) is 95.7 Å². The molecule has 0 atom stereocenters. The number of para-hydroxylation sites is 1. The summed E-state index contributed by atoms with van der Waals surface area (Å²) in [6.45, 7) is 2.20. The highest BCUT2D eigenvalue weighted by molar-refractivity contribution is 7.99. The minimum Gasteiger partial charge on any atom is -0.294 e. The van der Waals surface area contributed by atoms with Crippen LogP contribution in [0.4, 0.5) is 0 Å². The van der Waals surface area contributed by atoms with Gasteiger partial charge in [0.15, 0.2) is 0 Å². The number of imidazole rings is 1. The van der Waals surface area contributed by atoms with E-state index in [9.17, 15) is 0 Å². The average Bonchev–Trinajstić information content (AvgIpc) is 3.50. The fourth-order valence-electron chi connectivity index (χ4n) is 7.68. The van der Waals surface area contributed by atoms with Gasteiger partial charge in [0.1, 0.15) is 5.82 Å². The first kappa shape index (κ1) is 25.9. The summed E-state index contributed by atoms with van der Waals surface area (Å²) in [5, 5.41) is 10.2. The van der Waals surface area contributed by atoms with E-state index in [1.54, 1.807) is 0 Å². The molecule has 0 amide bonds. The van der Waals surface area contributed by atoms with Crippen molar-refractivity contribution >= 4 is 65.9 Å². The van der Waals surface area contributed by atoms with E-state index >= 15 is 0 Å². The summed E-state index contributed by atoms with van der Waals surface area (Å²) in [5.74, 6) is 1.11. The molecule has 0 saturated carbocycles. The van der Waals surface area contributed by atoms with Crippen LogP contribution in [-0.2, 0) is 6.42 Å². The van der Waals surface area contributed by atoms with Gasteiger partial charge in [0.25, 0.3) is 0 Å². The monoisotopic (exact) mass is 604 g/mol. The standard InChI is InChI=1S/C43H28N2S/c1-2-40-44-36-16-9-17-39-43(36)45(40)37-25-29(22-23-38(37)46-39)42-33-14-7-5-12-31(33)41(32-13-6-8-15-34(32)42)28-21-20-27-19-18-26-10-3-4-11-30(26)35(27)24-28/h3-25H,2H2,1H3. The van der Waals surface area contributed by atoms with Crippen LogP contribution in [0.2, 0.25) is 0 Å². The Morgan fingerprint density at radius 1 is 0.522 bits per heavy atom. The first-order valence-corrected chi connectivity index (χ1v) is 16.8. The lowest BCUT2D eigenvalue weighted by atomic mass is 9.85. The highest BCUT2D eigenvalue weighted by Gasteiger charge is 2.24. The molecular formula is C43H28N2S. The van der Waals surface area contributed by atoms with Crippen molar-refractivity contribution in [2.75, 3.05) is 0 Å².